The van der Waals surface area contributed by atoms with Gasteiger partial charge in [-0.05, 0) is 24.3 Å². The van der Waals surface area contributed by atoms with E-state index >= 15 is 0 Å². The molecule has 1 aliphatic rings. The zero-order chi connectivity index (χ0) is 22.8. The van der Waals surface area contributed by atoms with Crippen LogP contribution >= 0.6 is 11.6 Å². The molecule has 2 aromatic carbocycles. The molecule has 7 nitrogen and oxygen atoms in total. The Balaban J connectivity index is 1.60. The van der Waals surface area contributed by atoms with Crippen molar-refractivity contribution in [1.29, 1.82) is 0 Å². The lowest BCUT2D eigenvalue weighted by molar-refractivity contribution is -0.132. The number of hydrogen-bond donors (Lipinski definition) is 1. The number of carboxylic acid groups (broad SMARTS) is 1. The predicted molar refractivity (Wildman–Crippen MR) is 115 cm³/mol. The van der Waals surface area contributed by atoms with Crippen molar-refractivity contribution in [2.75, 3.05) is 31.1 Å². The Bertz CT molecular complexity index is 1240. The zero-order valence-electron chi connectivity index (χ0n) is 16.6. The number of aliphatic carboxylic acids is 1. The minimum atomic E-state index is -1.18. The first-order chi connectivity index (χ1) is 15.3. The van der Waals surface area contributed by atoms with E-state index in [1.807, 2.05) is 4.90 Å². The van der Waals surface area contributed by atoms with Crippen LogP contribution in [0.3, 0.4) is 0 Å². The maximum absolute atomic E-state index is 14.3. The van der Waals surface area contributed by atoms with Gasteiger partial charge in [-0.3, -0.25) is 4.79 Å². The topological polar surface area (TPSA) is 86.6 Å². The van der Waals surface area contributed by atoms with Gasteiger partial charge in [0, 0.05) is 65.9 Å². The maximum atomic E-state index is 14.3. The van der Waals surface area contributed by atoms with Crippen LogP contribution in [-0.2, 0) is 9.59 Å². The second-order valence-electron chi connectivity index (χ2n) is 7.15. The summed E-state index contributed by atoms with van der Waals surface area (Å²) in [6, 6.07) is 6.58. The van der Waals surface area contributed by atoms with Gasteiger partial charge in [0.05, 0.1) is 5.52 Å². The second kappa shape index (κ2) is 8.88. The van der Waals surface area contributed by atoms with E-state index in [9.17, 15) is 18.4 Å². The average Bonchev–Trinajstić information content (AvgIpc) is 2.77. The Hall–Kier alpha value is -3.59. The first-order valence-electron chi connectivity index (χ1n) is 9.68. The van der Waals surface area contributed by atoms with Crippen molar-refractivity contribution in [3.63, 3.8) is 0 Å². The number of hydrogen-bond acceptors (Lipinski definition) is 5. The number of halogens is 3. The van der Waals surface area contributed by atoms with E-state index in [-0.39, 0.29) is 16.5 Å². The zero-order valence-corrected chi connectivity index (χ0v) is 17.4. The number of fused-ring (bicyclic) bond motifs is 1. The van der Waals surface area contributed by atoms with E-state index in [1.54, 1.807) is 17.0 Å². The minimum absolute atomic E-state index is 0.167. The van der Waals surface area contributed by atoms with Crippen molar-refractivity contribution in [1.82, 2.24) is 14.9 Å². The van der Waals surface area contributed by atoms with Crippen molar-refractivity contribution in [3.05, 3.63) is 65.5 Å². The third-order valence-electron chi connectivity index (χ3n) is 5.18. The Morgan fingerprint density at radius 1 is 1.00 bits per heavy atom. The lowest BCUT2D eigenvalue weighted by Gasteiger charge is -2.35. The van der Waals surface area contributed by atoms with Crippen molar-refractivity contribution in [2.24, 2.45) is 0 Å². The third kappa shape index (κ3) is 4.38. The maximum Gasteiger partial charge on any atom is 0.328 e. The molecular formula is C22H17ClF2N4O3. The Kier molecular flexibility index (Phi) is 6.00. The van der Waals surface area contributed by atoms with Crippen molar-refractivity contribution in [2.45, 2.75) is 0 Å². The van der Waals surface area contributed by atoms with Crippen LogP contribution in [0.5, 0.6) is 0 Å². The number of rotatable bonds is 4. The first-order valence-corrected chi connectivity index (χ1v) is 10.1. The molecule has 0 spiro atoms. The van der Waals surface area contributed by atoms with Gasteiger partial charge in [-0.2, -0.15) is 0 Å². The van der Waals surface area contributed by atoms with Gasteiger partial charge in [0.2, 0.25) is 5.91 Å². The molecule has 0 atom stereocenters. The summed E-state index contributed by atoms with van der Waals surface area (Å²) in [6.45, 7) is 1.73. The quantitative estimate of drug-likeness (QED) is 0.602. The number of carboxylic acids is 1. The number of benzene rings is 2. The molecular weight excluding hydrogens is 442 g/mol. The second-order valence-corrected chi connectivity index (χ2v) is 7.56. The largest absolute Gasteiger partial charge is 0.478 e. The molecule has 0 bridgehead atoms. The summed E-state index contributed by atoms with van der Waals surface area (Å²) in [7, 11) is 0. The highest BCUT2D eigenvalue weighted by atomic mass is 35.5. The molecule has 2 heterocycles. The highest BCUT2D eigenvalue weighted by Crippen LogP contribution is 2.36. The van der Waals surface area contributed by atoms with Crippen LogP contribution in [0.2, 0.25) is 5.02 Å². The predicted octanol–water partition coefficient (Wildman–Crippen LogP) is 3.52. The highest BCUT2D eigenvalue weighted by molar-refractivity contribution is 6.34. The normalized spacial score (nSPS) is 14.3. The highest BCUT2D eigenvalue weighted by Gasteiger charge is 2.23. The molecule has 0 aliphatic carbocycles. The Labute approximate surface area is 186 Å². The van der Waals surface area contributed by atoms with E-state index < -0.39 is 17.6 Å². The van der Waals surface area contributed by atoms with Gasteiger partial charge in [-0.15, -0.1) is 0 Å². The molecule has 0 saturated carbocycles. The summed E-state index contributed by atoms with van der Waals surface area (Å²) in [6.07, 6.45) is 3.24. The van der Waals surface area contributed by atoms with Gasteiger partial charge in [0.15, 0.2) is 0 Å². The molecule has 4 rings (SSSR count). The van der Waals surface area contributed by atoms with Crippen molar-refractivity contribution >= 4 is 40.2 Å². The van der Waals surface area contributed by atoms with Crippen LogP contribution in [0.15, 0.2) is 48.8 Å². The lowest BCUT2D eigenvalue weighted by Crippen LogP contribution is -2.48. The van der Waals surface area contributed by atoms with Crippen LogP contribution in [0.25, 0.3) is 22.0 Å². The monoisotopic (exact) mass is 458 g/mol. The van der Waals surface area contributed by atoms with Gasteiger partial charge < -0.3 is 14.9 Å². The fraction of sp³-hybridized carbons (Fsp3) is 0.182. The molecule has 0 radical (unpaired) electrons. The number of carbonyl (C=O) groups is 2. The summed E-state index contributed by atoms with van der Waals surface area (Å²) in [5.74, 6) is -2.33. The smallest absolute Gasteiger partial charge is 0.328 e. The minimum Gasteiger partial charge on any atom is -0.478 e. The van der Waals surface area contributed by atoms with Crippen LogP contribution in [0.4, 0.5) is 14.6 Å². The van der Waals surface area contributed by atoms with Gasteiger partial charge >= 0.3 is 5.97 Å². The fourth-order valence-corrected chi connectivity index (χ4v) is 3.88. The van der Waals surface area contributed by atoms with Gasteiger partial charge in [-0.1, -0.05) is 11.6 Å². The molecule has 1 N–H and O–H groups in total. The van der Waals surface area contributed by atoms with Crippen molar-refractivity contribution < 1.29 is 23.5 Å². The summed E-state index contributed by atoms with van der Waals surface area (Å²) in [4.78, 5) is 34.9. The molecule has 1 amide bonds. The molecule has 1 saturated heterocycles. The molecule has 32 heavy (non-hydrogen) atoms. The first kappa shape index (κ1) is 21.6. The van der Waals surface area contributed by atoms with Gasteiger partial charge in [0.1, 0.15) is 23.8 Å². The van der Waals surface area contributed by atoms with E-state index in [0.717, 1.165) is 24.3 Å². The van der Waals surface area contributed by atoms with Gasteiger partial charge in [0.25, 0.3) is 0 Å². The Morgan fingerprint density at radius 2 is 1.75 bits per heavy atom. The Morgan fingerprint density at radius 3 is 2.44 bits per heavy atom. The van der Waals surface area contributed by atoms with E-state index in [4.69, 9.17) is 16.7 Å². The standard InChI is InChI=1S/C22H17ClF2N4O3/c23-17-10-16-19(11-15(17)14-2-1-13(24)9-18(14)25)26-12-27-22(16)29-7-5-28(6-8-29)20(30)3-4-21(31)32/h1-4,9-12H,5-8H2,(H,31,32). The molecule has 1 aromatic heterocycles. The molecule has 3 aromatic rings. The van der Waals surface area contributed by atoms with Crippen molar-refractivity contribution in [3.8, 4) is 11.1 Å². The molecule has 1 aliphatic heterocycles. The summed E-state index contributed by atoms with van der Waals surface area (Å²) >= 11 is 6.44. The number of aromatic nitrogens is 2. The third-order valence-corrected chi connectivity index (χ3v) is 5.50. The van der Waals surface area contributed by atoms with Gasteiger partial charge in [-0.25, -0.2) is 23.5 Å². The molecule has 10 heteroatoms. The molecule has 164 valence electrons. The average molecular weight is 459 g/mol. The van der Waals surface area contributed by atoms with Crippen LogP contribution in [0, 0.1) is 11.6 Å². The van der Waals surface area contributed by atoms with E-state index in [0.29, 0.717) is 48.5 Å². The number of amides is 1. The number of anilines is 1. The van der Waals surface area contributed by atoms with E-state index in [1.165, 1.54) is 12.4 Å². The summed E-state index contributed by atoms with van der Waals surface area (Å²) in [5, 5.41) is 9.60. The summed E-state index contributed by atoms with van der Waals surface area (Å²) in [5.41, 5.74) is 1.10. The van der Waals surface area contributed by atoms with Crippen LogP contribution < -0.4 is 4.90 Å². The molecule has 0 unspecified atom stereocenters. The van der Waals surface area contributed by atoms with Crippen LogP contribution in [0.1, 0.15) is 0 Å². The lowest BCUT2D eigenvalue weighted by atomic mass is 10.0. The summed E-state index contributed by atoms with van der Waals surface area (Å²) < 4.78 is 27.6. The SMILES string of the molecule is O=C(O)C=CC(=O)N1CCN(c2ncnc3cc(-c4ccc(F)cc4F)c(Cl)cc23)CC1. The number of piperazine rings is 1. The fourth-order valence-electron chi connectivity index (χ4n) is 3.62. The number of nitrogens with zero attached hydrogens (tertiary/aromatic N) is 4. The number of carbonyl (C=O) groups excluding carboxylic acids is 1. The molecule has 1 fully saturated rings. The van der Waals surface area contributed by atoms with E-state index in [2.05, 4.69) is 9.97 Å². The van der Waals surface area contributed by atoms with Crippen LogP contribution in [-0.4, -0.2) is 58.0 Å².